The van der Waals surface area contributed by atoms with Crippen LogP contribution in [0.25, 0.3) is 0 Å². The van der Waals surface area contributed by atoms with Gasteiger partial charge in [0.2, 0.25) is 5.91 Å². The molecule has 0 aromatic carbocycles. The van der Waals surface area contributed by atoms with Crippen molar-refractivity contribution in [3.8, 4) is 0 Å². The molecule has 3 N–H and O–H groups in total. The molecule has 0 aromatic heterocycles. The zero-order chi connectivity index (χ0) is 11.8. The van der Waals surface area contributed by atoms with E-state index in [0.717, 1.165) is 19.3 Å². The monoisotopic (exact) mass is 242 g/mol. The van der Waals surface area contributed by atoms with Crippen molar-refractivity contribution < 1.29 is 9.90 Å². The highest BCUT2D eigenvalue weighted by atomic mass is 32.1. The van der Waals surface area contributed by atoms with E-state index in [9.17, 15) is 9.90 Å². The molecule has 1 saturated heterocycles. The van der Waals surface area contributed by atoms with Gasteiger partial charge in [0.05, 0.1) is 16.5 Å². The minimum absolute atomic E-state index is 0.0816. The summed E-state index contributed by atoms with van der Waals surface area (Å²) >= 11 is 5.03. The van der Waals surface area contributed by atoms with Crippen LogP contribution in [0.3, 0.4) is 0 Å². The van der Waals surface area contributed by atoms with E-state index in [1.165, 1.54) is 0 Å². The van der Waals surface area contributed by atoms with Gasteiger partial charge in [0.25, 0.3) is 0 Å². The summed E-state index contributed by atoms with van der Waals surface area (Å²) in [5.41, 5.74) is 5.14. The molecule has 1 heterocycles. The third-order valence-corrected chi connectivity index (χ3v) is 4.23. The van der Waals surface area contributed by atoms with Crippen LogP contribution < -0.4 is 5.73 Å². The van der Waals surface area contributed by atoms with Crippen molar-refractivity contribution >= 4 is 23.1 Å². The fourth-order valence-corrected chi connectivity index (χ4v) is 2.76. The van der Waals surface area contributed by atoms with Gasteiger partial charge in [0.1, 0.15) is 0 Å². The van der Waals surface area contributed by atoms with Gasteiger partial charge in [-0.1, -0.05) is 18.6 Å². The highest BCUT2D eigenvalue weighted by Gasteiger charge is 2.49. The van der Waals surface area contributed by atoms with Crippen LogP contribution >= 0.6 is 12.2 Å². The number of hydrogen-bond acceptors (Lipinski definition) is 3. The van der Waals surface area contributed by atoms with Crippen molar-refractivity contribution in [3.05, 3.63) is 0 Å². The standard InChI is InChI=1S/C11H18N2O2S/c12-9(16)11(4-1-5-11)10(15)13-6-2-8(14)3-7-13/h8,14H,1-7H2,(H2,12,16). The largest absolute Gasteiger partial charge is 0.393 e. The second-order valence-electron chi connectivity index (χ2n) is 4.82. The number of nitrogens with zero attached hydrogens (tertiary/aromatic N) is 1. The molecule has 1 aliphatic heterocycles. The van der Waals surface area contributed by atoms with Crippen molar-refractivity contribution in [2.45, 2.75) is 38.2 Å². The molecule has 2 fully saturated rings. The quantitative estimate of drug-likeness (QED) is 0.689. The number of carbonyl (C=O) groups excluding carboxylic acids is 1. The average molecular weight is 242 g/mol. The van der Waals surface area contributed by atoms with Crippen LogP contribution in [0.1, 0.15) is 32.1 Å². The summed E-state index contributed by atoms with van der Waals surface area (Å²) < 4.78 is 0. The molecule has 2 rings (SSSR count). The topological polar surface area (TPSA) is 66.6 Å². The number of aliphatic hydroxyl groups is 1. The van der Waals surface area contributed by atoms with Crippen molar-refractivity contribution in [2.24, 2.45) is 11.1 Å². The number of nitrogens with two attached hydrogens (primary N) is 1. The summed E-state index contributed by atoms with van der Waals surface area (Å²) in [6.45, 7) is 1.26. The Hall–Kier alpha value is -0.680. The molecule has 0 unspecified atom stereocenters. The van der Waals surface area contributed by atoms with Gasteiger partial charge >= 0.3 is 0 Å². The Kier molecular flexibility index (Phi) is 3.17. The molecule has 0 atom stereocenters. The Morgan fingerprint density at radius 1 is 1.38 bits per heavy atom. The van der Waals surface area contributed by atoms with Crippen LogP contribution in [0.2, 0.25) is 0 Å². The van der Waals surface area contributed by atoms with Gasteiger partial charge in [-0.3, -0.25) is 4.79 Å². The maximum atomic E-state index is 12.3. The summed E-state index contributed by atoms with van der Waals surface area (Å²) in [4.78, 5) is 14.5. The fraction of sp³-hybridized carbons (Fsp3) is 0.818. The molecule has 1 aliphatic carbocycles. The first-order valence-corrected chi connectivity index (χ1v) is 6.24. The summed E-state index contributed by atoms with van der Waals surface area (Å²) in [5, 5.41) is 9.40. The van der Waals surface area contributed by atoms with E-state index in [-0.39, 0.29) is 12.0 Å². The van der Waals surface area contributed by atoms with Gasteiger partial charge in [-0.15, -0.1) is 0 Å². The Labute approximate surface area is 101 Å². The molecular formula is C11H18N2O2S. The normalized spacial score (nSPS) is 24.9. The first kappa shape index (κ1) is 11.8. The van der Waals surface area contributed by atoms with Crippen LogP contribution in [0, 0.1) is 5.41 Å². The summed E-state index contributed by atoms with van der Waals surface area (Å²) in [6, 6.07) is 0. The number of rotatable bonds is 2. The van der Waals surface area contributed by atoms with Gasteiger partial charge < -0.3 is 15.7 Å². The molecule has 4 nitrogen and oxygen atoms in total. The minimum atomic E-state index is -0.558. The number of thiocarbonyl (C=S) groups is 1. The lowest BCUT2D eigenvalue weighted by Gasteiger charge is -2.44. The lowest BCUT2D eigenvalue weighted by molar-refractivity contribution is -0.144. The Morgan fingerprint density at radius 3 is 2.31 bits per heavy atom. The van der Waals surface area contributed by atoms with E-state index in [0.29, 0.717) is 30.9 Å². The summed E-state index contributed by atoms with van der Waals surface area (Å²) in [7, 11) is 0. The number of likely N-dealkylation sites (tertiary alicyclic amines) is 1. The Bertz CT molecular complexity index is 307. The number of carbonyl (C=O) groups is 1. The molecule has 90 valence electrons. The molecule has 2 aliphatic rings. The van der Waals surface area contributed by atoms with E-state index < -0.39 is 5.41 Å². The van der Waals surface area contributed by atoms with Crippen LogP contribution in [-0.4, -0.2) is 40.1 Å². The SMILES string of the molecule is NC(=S)C1(C(=O)N2CCC(O)CC2)CCC1. The number of hydrogen-bond donors (Lipinski definition) is 2. The van der Waals surface area contributed by atoms with Crippen LogP contribution in [-0.2, 0) is 4.79 Å². The second-order valence-corrected chi connectivity index (χ2v) is 5.26. The maximum Gasteiger partial charge on any atom is 0.235 e. The van der Waals surface area contributed by atoms with Gasteiger partial charge in [0, 0.05) is 13.1 Å². The van der Waals surface area contributed by atoms with Crippen molar-refractivity contribution in [1.82, 2.24) is 4.90 Å². The number of aliphatic hydroxyl groups excluding tert-OH is 1. The van der Waals surface area contributed by atoms with Crippen molar-refractivity contribution in [2.75, 3.05) is 13.1 Å². The van der Waals surface area contributed by atoms with Gasteiger partial charge in [-0.05, 0) is 25.7 Å². The first-order valence-electron chi connectivity index (χ1n) is 5.83. The van der Waals surface area contributed by atoms with E-state index in [4.69, 9.17) is 18.0 Å². The zero-order valence-corrected chi connectivity index (χ0v) is 10.1. The molecule has 0 aromatic rings. The molecule has 0 bridgehead atoms. The summed E-state index contributed by atoms with van der Waals surface area (Å²) in [6.07, 6.45) is 3.68. The number of amides is 1. The lowest BCUT2D eigenvalue weighted by Crippen LogP contribution is -2.56. The lowest BCUT2D eigenvalue weighted by atomic mass is 9.67. The highest BCUT2D eigenvalue weighted by molar-refractivity contribution is 7.80. The zero-order valence-electron chi connectivity index (χ0n) is 9.32. The molecule has 0 radical (unpaired) electrons. The highest BCUT2D eigenvalue weighted by Crippen LogP contribution is 2.43. The third-order valence-electron chi connectivity index (χ3n) is 3.84. The molecule has 1 amide bonds. The van der Waals surface area contributed by atoms with Crippen molar-refractivity contribution in [3.63, 3.8) is 0 Å². The molecule has 0 spiro atoms. The van der Waals surface area contributed by atoms with E-state index in [2.05, 4.69) is 0 Å². The Morgan fingerprint density at radius 2 is 1.94 bits per heavy atom. The van der Waals surface area contributed by atoms with Crippen LogP contribution in [0.15, 0.2) is 0 Å². The first-order chi connectivity index (χ1) is 7.56. The molecule has 5 heteroatoms. The molecular weight excluding hydrogens is 224 g/mol. The van der Waals surface area contributed by atoms with Gasteiger partial charge in [-0.2, -0.15) is 0 Å². The predicted octanol–water partition coefficient (Wildman–Crippen LogP) is 0.426. The van der Waals surface area contributed by atoms with E-state index >= 15 is 0 Å². The van der Waals surface area contributed by atoms with Crippen molar-refractivity contribution in [1.29, 1.82) is 0 Å². The average Bonchev–Trinajstić information content (AvgIpc) is 2.16. The van der Waals surface area contributed by atoms with Gasteiger partial charge in [-0.25, -0.2) is 0 Å². The number of piperidine rings is 1. The fourth-order valence-electron chi connectivity index (χ4n) is 2.47. The maximum absolute atomic E-state index is 12.3. The van der Waals surface area contributed by atoms with Crippen LogP contribution in [0.4, 0.5) is 0 Å². The third kappa shape index (κ3) is 1.82. The van der Waals surface area contributed by atoms with Gasteiger partial charge in [0.15, 0.2) is 0 Å². The molecule has 1 saturated carbocycles. The Balaban J connectivity index is 2.04. The smallest absolute Gasteiger partial charge is 0.235 e. The predicted molar refractivity (Wildman–Crippen MR) is 64.9 cm³/mol. The minimum Gasteiger partial charge on any atom is -0.393 e. The van der Waals surface area contributed by atoms with E-state index in [1.54, 1.807) is 0 Å². The molecule has 16 heavy (non-hydrogen) atoms. The van der Waals surface area contributed by atoms with E-state index in [1.807, 2.05) is 4.90 Å². The summed E-state index contributed by atoms with van der Waals surface area (Å²) in [5.74, 6) is 0.0816. The van der Waals surface area contributed by atoms with Crippen LogP contribution in [0.5, 0.6) is 0 Å². The second kappa shape index (κ2) is 4.30.